The highest BCUT2D eigenvalue weighted by molar-refractivity contribution is 5.77. The molecule has 0 aromatic heterocycles. The van der Waals surface area contributed by atoms with Gasteiger partial charge in [0.25, 0.3) is 0 Å². The Morgan fingerprint density at radius 3 is 2.55 bits per heavy atom. The van der Waals surface area contributed by atoms with E-state index in [4.69, 9.17) is 14.2 Å². The highest BCUT2D eigenvalue weighted by Crippen LogP contribution is 2.34. The van der Waals surface area contributed by atoms with Crippen molar-refractivity contribution < 1.29 is 19.0 Å². The summed E-state index contributed by atoms with van der Waals surface area (Å²) < 4.78 is 16.0. The number of hydrogen-bond acceptors (Lipinski definition) is 6. The fourth-order valence-electron chi connectivity index (χ4n) is 3.68. The molecule has 0 radical (unpaired) electrons. The van der Waals surface area contributed by atoms with Crippen LogP contribution in [0.2, 0.25) is 0 Å². The number of carbonyl (C=O) groups is 1. The molecule has 1 aliphatic rings. The van der Waals surface area contributed by atoms with Gasteiger partial charge in [-0.3, -0.25) is 4.79 Å². The minimum Gasteiger partial charge on any atom is -0.496 e. The predicted octanol–water partition coefficient (Wildman–Crippen LogP) is 3.15. The SMILES string of the molecule is CCN(Cc1ccccc1-c1cc(CC(=O)OC)ccc1OC)N1CCOCC1. The fraction of sp³-hybridized carbons (Fsp3) is 0.435. The number of rotatable bonds is 8. The van der Waals surface area contributed by atoms with Crippen LogP contribution in [0, 0.1) is 0 Å². The van der Waals surface area contributed by atoms with Gasteiger partial charge in [0.15, 0.2) is 0 Å². The van der Waals surface area contributed by atoms with Crippen LogP contribution < -0.4 is 4.74 Å². The third kappa shape index (κ3) is 5.35. The van der Waals surface area contributed by atoms with E-state index in [0.29, 0.717) is 0 Å². The van der Waals surface area contributed by atoms with E-state index >= 15 is 0 Å². The van der Waals surface area contributed by atoms with Crippen molar-refractivity contribution in [1.29, 1.82) is 0 Å². The Hall–Kier alpha value is -2.41. The Morgan fingerprint density at radius 1 is 1.10 bits per heavy atom. The first-order valence-corrected chi connectivity index (χ1v) is 10.1. The summed E-state index contributed by atoms with van der Waals surface area (Å²) in [6, 6.07) is 14.2. The highest BCUT2D eigenvalue weighted by atomic mass is 16.5. The van der Waals surface area contributed by atoms with Crippen molar-refractivity contribution in [3.05, 3.63) is 53.6 Å². The molecule has 0 aliphatic carbocycles. The maximum Gasteiger partial charge on any atom is 0.309 e. The first kappa shape index (κ1) is 21.3. The van der Waals surface area contributed by atoms with E-state index < -0.39 is 0 Å². The Kier molecular flexibility index (Phi) is 7.63. The summed E-state index contributed by atoms with van der Waals surface area (Å²) in [5.74, 6) is 0.541. The molecule has 1 aliphatic heterocycles. The van der Waals surface area contributed by atoms with Crippen LogP contribution in [0.25, 0.3) is 11.1 Å². The summed E-state index contributed by atoms with van der Waals surface area (Å²) in [6.07, 6.45) is 0.241. The third-order valence-electron chi connectivity index (χ3n) is 5.25. The van der Waals surface area contributed by atoms with Crippen molar-refractivity contribution in [3.8, 4) is 16.9 Å². The van der Waals surface area contributed by atoms with Gasteiger partial charge in [-0.25, -0.2) is 10.0 Å². The highest BCUT2D eigenvalue weighted by Gasteiger charge is 2.20. The Morgan fingerprint density at radius 2 is 1.86 bits per heavy atom. The van der Waals surface area contributed by atoms with Gasteiger partial charge in [0, 0.05) is 31.7 Å². The molecule has 2 aromatic carbocycles. The molecule has 6 nitrogen and oxygen atoms in total. The number of hydrazine groups is 1. The number of benzene rings is 2. The quantitative estimate of drug-likeness (QED) is 0.637. The van der Waals surface area contributed by atoms with E-state index in [9.17, 15) is 4.79 Å². The van der Waals surface area contributed by atoms with Crippen molar-refractivity contribution in [3.63, 3.8) is 0 Å². The number of carbonyl (C=O) groups excluding carboxylic acids is 1. The van der Waals surface area contributed by atoms with Gasteiger partial charge in [-0.1, -0.05) is 37.3 Å². The van der Waals surface area contributed by atoms with E-state index in [-0.39, 0.29) is 12.4 Å². The number of hydrogen-bond donors (Lipinski definition) is 0. The van der Waals surface area contributed by atoms with Gasteiger partial charge in [-0.05, 0) is 28.8 Å². The van der Waals surface area contributed by atoms with Gasteiger partial charge in [0.2, 0.25) is 0 Å². The maximum absolute atomic E-state index is 11.7. The average molecular weight is 399 g/mol. The van der Waals surface area contributed by atoms with Crippen LogP contribution in [-0.4, -0.2) is 63.1 Å². The fourth-order valence-corrected chi connectivity index (χ4v) is 3.68. The molecule has 29 heavy (non-hydrogen) atoms. The van der Waals surface area contributed by atoms with Crippen LogP contribution in [0.15, 0.2) is 42.5 Å². The van der Waals surface area contributed by atoms with Crippen molar-refractivity contribution in [2.75, 3.05) is 47.1 Å². The summed E-state index contributed by atoms with van der Waals surface area (Å²) in [7, 11) is 3.08. The van der Waals surface area contributed by atoms with Crippen LogP contribution in [-0.2, 0) is 27.2 Å². The standard InChI is InChI=1S/C23H30N2O4/c1-4-24(25-11-13-29-14-12-25)17-19-7-5-6-8-20(19)21-15-18(16-23(26)28-3)9-10-22(21)27-2/h5-10,15H,4,11-14,16-17H2,1-3H3. The molecule has 6 heteroatoms. The van der Waals surface area contributed by atoms with Crippen molar-refractivity contribution in [2.24, 2.45) is 0 Å². The van der Waals surface area contributed by atoms with Gasteiger partial charge < -0.3 is 14.2 Å². The zero-order chi connectivity index (χ0) is 20.6. The normalized spacial score (nSPS) is 14.8. The summed E-state index contributed by atoms with van der Waals surface area (Å²) in [4.78, 5) is 11.7. The molecule has 0 atom stereocenters. The second kappa shape index (κ2) is 10.4. The van der Waals surface area contributed by atoms with Crippen molar-refractivity contribution in [1.82, 2.24) is 10.0 Å². The molecule has 0 spiro atoms. The minimum absolute atomic E-state index is 0.241. The first-order valence-electron chi connectivity index (χ1n) is 10.1. The lowest BCUT2D eigenvalue weighted by molar-refractivity contribution is -0.139. The predicted molar refractivity (Wildman–Crippen MR) is 113 cm³/mol. The van der Waals surface area contributed by atoms with E-state index in [2.05, 4.69) is 35.1 Å². The van der Waals surface area contributed by atoms with Crippen LogP contribution >= 0.6 is 0 Å². The molecule has 0 bridgehead atoms. The molecule has 3 rings (SSSR count). The Bertz CT molecular complexity index is 818. The topological polar surface area (TPSA) is 51.2 Å². The van der Waals surface area contributed by atoms with Crippen LogP contribution in [0.3, 0.4) is 0 Å². The smallest absolute Gasteiger partial charge is 0.309 e. The Labute approximate surface area is 172 Å². The molecule has 0 unspecified atom stereocenters. The Balaban J connectivity index is 1.93. The minimum atomic E-state index is -0.251. The summed E-state index contributed by atoms with van der Waals surface area (Å²) in [5, 5.41) is 4.73. The van der Waals surface area contributed by atoms with Gasteiger partial charge in [0.1, 0.15) is 5.75 Å². The van der Waals surface area contributed by atoms with E-state index in [0.717, 1.165) is 61.8 Å². The largest absolute Gasteiger partial charge is 0.496 e. The molecular formula is C23H30N2O4. The molecule has 1 heterocycles. The van der Waals surface area contributed by atoms with E-state index in [1.165, 1.54) is 12.7 Å². The lowest BCUT2D eigenvalue weighted by Crippen LogP contribution is -2.48. The van der Waals surface area contributed by atoms with Crippen molar-refractivity contribution >= 4 is 5.97 Å². The molecule has 1 fully saturated rings. The maximum atomic E-state index is 11.7. The van der Waals surface area contributed by atoms with Gasteiger partial charge in [-0.15, -0.1) is 0 Å². The summed E-state index contributed by atoms with van der Waals surface area (Å²) >= 11 is 0. The van der Waals surface area contributed by atoms with Gasteiger partial charge >= 0.3 is 5.97 Å². The first-order chi connectivity index (χ1) is 14.2. The monoisotopic (exact) mass is 398 g/mol. The number of ether oxygens (including phenoxy) is 3. The van der Waals surface area contributed by atoms with Crippen LogP contribution in [0.5, 0.6) is 5.75 Å². The molecular weight excluding hydrogens is 368 g/mol. The number of methoxy groups -OCH3 is 2. The number of esters is 1. The molecule has 0 saturated carbocycles. The lowest BCUT2D eigenvalue weighted by Gasteiger charge is -2.37. The zero-order valence-corrected chi connectivity index (χ0v) is 17.5. The lowest BCUT2D eigenvalue weighted by atomic mass is 9.96. The summed E-state index contributed by atoms with van der Waals surface area (Å²) in [6.45, 7) is 7.26. The van der Waals surface area contributed by atoms with E-state index in [1.807, 2.05) is 24.3 Å². The zero-order valence-electron chi connectivity index (χ0n) is 17.5. The average Bonchev–Trinajstić information content (AvgIpc) is 2.78. The molecule has 1 saturated heterocycles. The van der Waals surface area contributed by atoms with Crippen LogP contribution in [0.1, 0.15) is 18.1 Å². The van der Waals surface area contributed by atoms with Crippen molar-refractivity contribution in [2.45, 2.75) is 19.9 Å². The number of morpholine rings is 1. The van der Waals surface area contributed by atoms with Gasteiger partial charge in [0.05, 0.1) is 33.9 Å². The second-order valence-electron chi connectivity index (χ2n) is 6.99. The van der Waals surface area contributed by atoms with Gasteiger partial charge in [-0.2, -0.15) is 0 Å². The van der Waals surface area contributed by atoms with Crippen LogP contribution in [0.4, 0.5) is 0 Å². The molecule has 156 valence electrons. The molecule has 2 aromatic rings. The van der Waals surface area contributed by atoms with E-state index in [1.54, 1.807) is 7.11 Å². The number of nitrogens with zero attached hydrogens (tertiary/aromatic N) is 2. The second-order valence-corrected chi connectivity index (χ2v) is 6.99. The molecule has 0 N–H and O–H groups in total. The third-order valence-corrected chi connectivity index (χ3v) is 5.25. The molecule has 0 amide bonds. The summed E-state index contributed by atoms with van der Waals surface area (Å²) in [5.41, 5.74) is 4.22.